The molecular weight excluding hydrogens is 244 g/mol. The van der Waals surface area contributed by atoms with Crippen LogP contribution in [0.2, 0.25) is 0 Å². The lowest BCUT2D eigenvalue weighted by Gasteiger charge is -2.28. The van der Waals surface area contributed by atoms with E-state index in [0.717, 1.165) is 0 Å². The van der Waals surface area contributed by atoms with E-state index in [1.54, 1.807) is 0 Å². The Morgan fingerprint density at radius 3 is 0.895 bits per heavy atom. The van der Waals surface area contributed by atoms with E-state index >= 15 is 0 Å². The zero-order valence-electron chi connectivity index (χ0n) is 10.7. The summed E-state index contributed by atoms with van der Waals surface area (Å²) in [7, 11) is -1.31. The monoisotopic (exact) mass is 260 g/mol. The molecular formula is C18H16Si-. The standard InChI is InChI=1S/C18H16Si/c1-4-10-16(11-5-1)19(17-12-6-2-7-13-17)18-14-8-3-9-15-18/h1-15,19H/q-1. The summed E-state index contributed by atoms with van der Waals surface area (Å²) >= 11 is 0. The third-order valence-corrected chi connectivity index (χ3v) is 6.55. The number of hydrogen-bond acceptors (Lipinski definition) is 0. The summed E-state index contributed by atoms with van der Waals surface area (Å²) in [4.78, 5) is 0. The molecule has 3 aromatic rings. The molecule has 0 aliphatic rings. The third kappa shape index (κ3) is 2.66. The van der Waals surface area contributed by atoms with Gasteiger partial charge in [-0.2, -0.15) is 15.6 Å². The van der Waals surface area contributed by atoms with E-state index in [2.05, 4.69) is 91.0 Å². The average molecular weight is 260 g/mol. The van der Waals surface area contributed by atoms with Crippen LogP contribution in [0.4, 0.5) is 0 Å². The van der Waals surface area contributed by atoms with Crippen molar-refractivity contribution in [3.05, 3.63) is 91.0 Å². The lowest BCUT2D eigenvalue weighted by atomic mass is 10.3. The molecule has 19 heavy (non-hydrogen) atoms. The van der Waals surface area contributed by atoms with Crippen LogP contribution in [-0.2, 0) is 0 Å². The predicted molar refractivity (Wildman–Crippen MR) is 85.4 cm³/mol. The van der Waals surface area contributed by atoms with Crippen LogP contribution in [0.3, 0.4) is 0 Å². The molecule has 0 N–H and O–H groups in total. The smallest absolute Gasteiger partial charge is 0.0625 e. The third-order valence-electron chi connectivity index (χ3n) is 3.40. The Hall–Kier alpha value is -2.12. The first kappa shape index (κ1) is 11.9. The summed E-state index contributed by atoms with van der Waals surface area (Å²) in [6, 6.07) is 32.7. The van der Waals surface area contributed by atoms with Gasteiger partial charge in [-0.3, -0.25) is 0 Å². The summed E-state index contributed by atoms with van der Waals surface area (Å²) in [6.07, 6.45) is 0. The van der Waals surface area contributed by atoms with Gasteiger partial charge in [0.25, 0.3) is 0 Å². The minimum Gasteiger partial charge on any atom is -0.179 e. The van der Waals surface area contributed by atoms with Crippen molar-refractivity contribution in [2.75, 3.05) is 0 Å². The van der Waals surface area contributed by atoms with Gasteiger partial charge < -0.3 is 0 Å². The molecule has 0 amide bonds. The van der Waals surface area contributed by atoms with Crippen molar-refractivity contribution in [3.63, 3.8) is 0 Å². The quantitative estimate of drug-likeness (QED) is 0.499. The first-order chi connectivity index (χ1) is 9.45. The van der Waals surface area contributed by atoms with Gasteiger partial charge in [-0.1, -0.05) is 99.8 Å². The maximum absolute atomic E-state index is 2.26. The van der Waals surface area contributed by atoms with Crippen LogP contribution in [0.25, 0.3) is 0 Å². The fourth-order valence-electron chi connectivity index (χ4n) is 2.51. The topological polar surface area (TPSA) is 0 Å². The molecule has 0 saturated heterocycles. The Kier molecular flexibility index (Phi) is 3.57. The van der Waals surface area contributed by atoms with Gasteiger partial charge in [0.1, 0.15) is 0 Å². The molecule has 3 aromatic carbocycles. The molecule has 1 heteroatoms. The Balaban J connectivity index is 2.12. The van der Waals surface area contributed by atoms with Crippen molar-refractivity contribution in [1.82, 2.24) is 0 Å². The summed E-state index contributed by atoms with van der Waals surface area (Å²) in [5, 5.41) is 4.42. The number of hydrogen-bond donors (Lipinski definition) is 0. The average Bonchev–Trinajstić information content (AvgIpc) is 2.51. The van der Waals surface area contributed by atoms with Gasteiger partial charge in [0, 0.05) is 0 Å². The fraction of sp³-hybridized carbons (Fsp3) is 0. The second-order valence-corrected chi connectivity index (χ2v) is 7.53. The highest BCUT2D eigenvalue weighted by atomic mass is 28.3. The molecule has 0 aliphatic carbocycles. The second kappa shape index (κ2) is 5.68. The lowest BCUT2D eigenvalue weighted by molar-refractivity contribution is 1.71. The van der Waals surface area contributed by atoms with E-state index in [1.165, 1.54) is 15.6 Å². The first-order valence-electron chi connectivity index (χ1n) is 6.60. The highest BCUT2D eigenvalue weighted by Crippen LogP contribution is 1.95. The van der Waals surface area contributed by atoms with Crippen molar-refractivity contribution >= 4 is 24.4 Å². The van der Waals surface area contributed by atoms with E-state index in [4.69, 9.17) is 0 Å². The van der Waals surface area contributed by atoms with Gasteiger partial charge in [-0.15, -0.1) is 0 Å². The van der Waals surface area contributed by atoms with E-state index in [-0.39, 0.29) is 0 Å². The van der Waals surface area contributed by atoms with Gasteiger partial charge in [0.15, 0.2) is 0 Å². The van der Waals surface area contributed by atoms with Gasteiger partial charge in [0.05, 0.1) is 0 Å². The van der Waals surface area contributed by atoms with Crippen LogP contribution < -0.4 is 15.6 Å². The molecule has 0 saturated carbocycles. The molecule has 0 spiro atoms. The van der Waals surface area contributed by atoms with Crippen molar-refractivity contribution in [2.45, 2.75) is 0 Å². The van der Waals surface area contributed by atoms with E-state index < -0.39 is 8.80 Å². The molecule has 0 heterocycles. The van der Waals surface area contributed by atoms with Gasteiger partial charge >= 0.3 is 0 Å². The summed E-state index contributed by atoms with van der Waals surface area (Å²) in [5.41, 5.74) is 0. The largest absolute Gasteiger partial charge is 0.179 e. The number of rotatable bonds is 3. The number of benzene rings is 3. The van der Waals surface area contributed by atoms with Crippen LogP contribution >= 0.6 is 0 Å². The molecule has 93 valence electrons. The van der Waals surface area contributed by atoms with E-state index in [0.29, 0.717) is 0 Å². The normalized spacial score (nSPS) is 10.6. The van der Waals surface area contributed by atoms with Crippen molar-refractivity contribution in [3.8, 4) is 0 Å². The molecule has 0 atom stereocenters. The maximum Gasteiger partial charge on any atom is -0.0625 e. The van der Waals surface area contributed by atoms with Crippen LogP contribution in [0, 0.1) is 0 Å². The van der Waals surface area contributed by atoms with Crippen molar-refractivity contribution < 1.29 is 0 Å². The second-order valence-electron chi connectivity index (χ2n) is 4.67. The molecule has 0 bridgehead atoms. The van der Waals surface area contributed by atoms with Crippen molar-refractivity contribution in [2.24, 2.45) is 0 Å². The zero-order valence-corrected chi connectivity index (χ0v) is 11.9. The highest BCUT2D eigenvalue weighted by molar-refractivity contribution is 6.95. The minimum absolute atomic E-state index is 1.31. The summed E-state index contributed by atoms with van der Waals surface area (Å²) in [5.74, 6) is 0. The van der Waals surface area contributed by atoms with Gasteiger partial charge in [0.2, 0.25) is 0 Å². The Morgan fingerprint density at radius 1 is 0.368 bits per heavy atom. The SMILES string of the molecule is c1ccc([SiH-](c2ccccc2)c2ccccc2)cc1. The van der Waals surface area contributed by atoms with Crippen LogP contribution in [0.5, 0.6) is 0 Å². The molecule has 0 radical (unpaired) electrons. The Labute approximate surface area is 116 Å². The van der Waals surface area contributed by atoms with Crippen LogP contribution in [0.15, 0.2) is 91.0 Å². The van der Waals surface area contributed by atoms with Gasteiger partial charge in [-0.05, 0) is 0 Å². The molecule has 0 aliphatic heterocycles. The molecule has 0 nitrogen and oxygen atoms in total. The van der Waals surface area contributed by atoms with E-state index in [9.17, 15) is 0 Å². The summed E-state index contributed by atoms with van der Waals surface area (Å²) in [6.45, 7) is 0. The minimum atomic E-state index is -1.31. The fourth-order valence-corrected chi connectivity index (χ4v) is 5.49. The predicted octanol–water partition coefficient (Wildman–Crippen LogP) is 1.94. The van der Waals surface area contributed by atoms with Crippen LogP contribution in [-0.4, -0.2) is 8.80 Å². The lowest BCUT2D eigenvalue weighted by Crippen LogP contribution is -2.51. The van der Waals surface area contributed by atoms with Crippen molar-refractivity contribution in [1.29, 1.82) is 0 Å². The summed E-state index contributed by atoms with van der Waals surface area (Å²) < 4.78 is 0. The van der Waals surface area contributed by atoms with Crippen LogP contribution in [0.1, 0.15) is 0 Å². The van der Waals surface area contributed by atoms with E-state index in [1.807, 2.05) is 0 Å². The zero-order chi connectivity index (χ0) is 12.9. The molecule has 0 aromatic heterocycles. The maximum atomic E-state index is 2.26. The molecule has 0 unspecified atom stereocenters. The Morgan fingerprint density at radius 2 is 0.632 bits per heavy atom. The molecule has 0 fully saturated rings. The van der Waals surface area contributed by atoms with Gasteiger partial charge in [-0.25, -0.2) is 0 Å². The first-order valence-corrected chi connectivity index (χ1v) is 8.33. The highest BCUT2D eigenvalue weighted by Gasteiger charge is 2.05. The Bertz CT molecular complexity index is 524. The molecule has 3 rings (SSSR count).